The van der Waals surface area contributed by atoms with Crippen molar-refractivity contribution in [2.24, 2.45) is 0 Å². The highest BCUT2D eigenvalue weighted by atomic mass is 32.2. The van der Waals surface area contributed by atoms with E-state index in [1.54, 1.807) is 25.5 Å². The van der Waals surface area contributed by atoms with E-state index >= 15 is 0 Å². The van der Waals surface area contributed by atoms with Crippen LogP contribution in [0.5, 0.6) is 11.5 Å². The van der Waals surface area contributed by atoms with Crippen molar-refractivity contribution in [2.45, 2.75) is 4.90 Å². The van der Waals surface area contributed by atoms with Gasteiger partial charge in [-0.3, -0.25) is 4.79 Å². The molecule has 8 heteroatoms. The zero-order valence-electron chi connectivity index (χ0n) is 18.3. The Hall–Kier alpha value is -3.75. The highest BCUT2D eigenvalue weighted by molar-refractivity contribution is 7.90. The van der Waals surface area contributed by atoms with E-state index in [1.807, 2.05) is 48.7 Å². The van der Waals surface area contributed by atoms with Crippen molar-refractivity contribution < 1.29 is 14.0 Å². The van der Waals surface area contributed by atoms with Crippen molar-refractivity contribution in [3.8, 4) is 34.0 Å². The lowest BCUT2D eigenvalue weighted by molar-refractivity contribution is 0.397. The number of benzene rings is 3. The van der Waals surface area contributed by atoms with Crippen LogP contribution >= 0.6 is 0 Å². The quantitative estimate of drug-likeness (QED) is 0.377. The number of fused-ring (bicyclic) bond motifs is 2. The maximum absolute atomic E-state index is 13.0. The predicted octanol–water partition coefficient (Wildman–Crippen LogP) is 4.49. The molecule has 0 saturated heterocycles. The largest absolute Gasteiger partial charge is 0.612 e. The first-order chi connectivity index (χ1) is 16.0. The van der Waals surface area contributed by atoms with Crippen LogP contribution in [0.4, 0.5) is 0 Å². The molecule has 2 heterocycles. The van der Waals surface area contributed by atoms with Crippen LogP contribution in [0.3, 0.4) is 0 Å². The number of aromatic nitrogens is 3. The summed E-state index contributed by atoms with van der Waals surface area (Å²) in [6.07, 6.45) is 3.53. The molecular weight excluding hydrogens is 438 g/mol. The summed E-state index contributed by atoms with van der Waals surface area (Å²) in [5, 5.41) is 1.35. The molecule has 0 aliphatic rings. The molecule has 0 fully saturated rings. The first-order valence-electron chi connectivity index (χ1n) is 10.2. The first kappa shape index (κ1) is 21.1. The zero-order valence-corrected chi connectivity index (χ0v) is 19.1. The second-order valence-corrected chi connectivity index (χ2v) is 8.96. The first-order valence-corrected chi connectivity index (χ1v) is 11.8. The smallest absolute Gasteiger partial charge is 0.262 e. The Balaban J connectivity index is 1.71. The fourth-order valence-electron chi connectivity index (χ4n) is 3.99. The van der Waals surface area contributed by atoms with Gasteiger partial charge in [-0.25, -0.2) is 4.98 Å². The topological polar surface area (TPSA) is 103 Å². The maximum atomic E-state index is 13.0. The van der Waals surface area contributed by atoms with Crippen molar-refractivity contribution in [2.75, 3.05) is 20.5 Å². The average molecular weight is 460 g/mol. The Morgan fingerprint density at radius 3 is 2.45 bits per heavy atom. The third-order valence-electron chi connectivity index (χ3n) is 5.63. The molecule has 0 spiro atoms. The Morgan fingerprint density at radius 2 is 1.76 bits per heavy atom. The summed E-state index contributed by atoms with van der Waals surface area (Å²) in [5.74, 6) is 1.40. The lowest BCUT2D eigenvalue weighted by atomic mass is 9.99. The molecule has 0 bridgehead atoms. The molecule has 0 aliphatic carbocycles. The Morgan fingerprint density at radius 1 is 0.970 bits per heavy atom. The fourth-order valence-corrected chi connectivity index (χ4v) is 4.51. The van der Waals surface area contributed by atoms with E-state index in [-0.39, 0.29) is 5.56 Å². The van der Waals surface area contributed by atoms with Gasteiger partial charge in [0.1, 0.15) is 29.0 Å². The molecule has 5 rings (SSSR count). The lowest BCUT2D eigenvalue weighted by Gasteiger charge is -2.11. The predicted molar refractivity (Wildman–Crippen MR) is 131 cm³/mol. The molecule has 5 aromatic rings. The van der Waals surface area contributed by atoms with Gasteiger partial charge in [-0.1, -0.05) is 0 Å². The number of hydrogen-bond donors (Lipinski definition) is 2. The summed E-state index contributed by atoms with van der Waals surface area (Å²) in [6, 6.07) is 16.9. The van der Waals surface area contributed by atoms with E-state index in [0.29, 0.717) is 28.2 Å². The van der Waals surface area contributed by atoms with Crippen molar-refractivity contribution in [3.63, 3.8) is 0 Å². The van der Waals surface area contributed by atoms with E-state index < -0.39 is 11.2 Å². The summed E-state index contributed by atoms with van der Waals surface area (Å²) in [6.45, 7) is 0. The second kappa shape index (κ2) is 8.31. The van der Waals surface area contributed by atoms with E-state index in [1.165, 1.54) is 7.11 Å². The minimum absolute atomic E-state index is 0.292. The molecular formula is C25H21N3O4S. The van der Waals surface area contributed by atoms with E-state index in [4.69, 9.17) is 14.5 Å². The van der Waals surface area contributed by atoms with Crippen molar-refractivity contribution >= 4 is 33.0 Å². The maximum Gasteiger partial charge on any atom is 0.262 e. The molecule has 33 heavy (non-hydrogen) atoms. The minimum Gasteiger partial charge on any atom is -0.612 e. The third-order valence-corrected chi connectivity index (χ3v) is 6.57. The van der Waals surface area contributed by atoms with Crippen LogP contribution in [-0.4, -0.2) is 40.0 Å². The van der Waals surface area contributed by atoms with Crippen LogP contribution in [0.25, 0.3) is 44.3 Å². The molecule has 166 valence electrons. The number of methoxy groups -OCH3 is 2. The van der Waals surface area contributed by atoms with Gasteiger partial charge in [0.25, 0.3) is 5.56 Å². The molecule has 0 saturated carbocycles. The molecule has 7 nitrogen and oxygen atoms in total. The highest BCUT2D eigenvalue weighted by Gasteiger charge is 2.15. The number of nitrogens with zero attached hydrogens (tertiary/aromatic N) is 1. The Labute approximate surface area is 192 Å². The van der Waals surface area contributed by atoms with Gasteiger partial charge in [0.15, 0.2) is 4.90 Å². The normalized spacial score (nSPS) is 12.2. The summed E-state index contributed by atoms with van der Waals surface area (Å²) in [7, 11) is 3.06. The van der Waals surface area contributed by atoms with Gasteiger partial charge in [0, 0.05) is 34.8 Å². The SMILES string of the molecule is COc1cc(OC)c2c(=O)[nH]c(-c3cc(-c4ccc([S+](C)[O-])cc4)c4[nH]ccc4c3)nc2c1. The summed E-state index contributed by atoms with van der Waals surface area (Å²) >= 11 is -1.05. The van der Waals surface area contributed by atoms with Gasteiger partial charge in [0.05, 0.1) is 25.3 Å². The molecule has 0 aliphatic heterocycles. The number of nitrogens with one attached hydrogen (secondary N) is 2. The van der Waals surface area contributed by atoms with Gasteiger partial charge >= 0.3 is 0 Å². The van der Waals surface area contributed by atoms with Crippen LogP contribution in [0, 0.1) is 0 Å². The number of rotatable bonds is 5. The van der Waals surface area contributed by atoms with E-state index in [9.17, 15) is 9.35 Å². The fraction of sp³-hybridized carbons (Fsp3) is 0.120. The molecule has 3 aromatic carbocycles. The molecule has 2 aromatic heterocycles. The van der Waals surface area contributed by atoms with Crippen LogP contribution in [-0.2, 0) is 11.2 Å². The molecule has 1 unspecified atom stereocenters. The second-order valence-electron chi connectivity index (χ2n) is 7.58. The van der Waals surface area contributed by atoms with Crippen molar-refractivity contribution in [1.82, 2.24) is 15.0 Å². The van der Waals surface area contributed by atoms with Gasteiger partial charge in [-0.2, -0.15) is 0 Å². The lowest BCUT2D eigenvalue weighted by Crippen LogP contribution is -2.11. The number of hydrogen-bond acceptors (Lipinski definition) is 5. The Bertz CT molecular complexity index is 1540. The third kappa shape index (κ3) is 3.73. The summed E-state index contributed by atoms with van der Waals surface area (Å²) < 4.78 is 22.5. The van der Waals surface area contributed by atoms with Crippen LogP contribution in [0.1, 0.15) is 0 Å². The average Bonchev–Trinajstić information content (AvgIpc) is 3.31. The number of ether oxygens (including phenoxy) is 2. The molecule has 0 radical (unpaired) electrons. The Kier molecular flexibility index (Phi) is 5.32. The van der Waals surface area contributed by atoms with Crippen molar-refractivity contribution in [3.05, 3.63) is 71.1 Å². The van der Waals surface area contributed by atoms with Gasteiger partial charge in [0.2, 0.25) is 0 Å². The minimum atomic E-state index is -1.05. The summed E-state index contributed by atoms with van der Waals surface area (Å²) in [5.41, 5.74) is 3.84. The van der Waals surface area contributed by atoms with Gasteiger partial charge < -0.3 is 24.0 Å². The monoisotopic (exact) mass is 459 g/mol. The van der Waals surface area contributed by atoms with Crippen LogP contribution < -0.4 is 15.0 Å². The van der Waals surface area contributed by atoms with Crippen LogP contribution in [0.2, 0.25) is 0 Å². The van der Waals surface area contributed by atoms with E-state index in [0.717, 1.165) is 32.5 Å². The molecule has 2 N–H and O–H groups in total. The van der Waals surface area contributed by atoms with Gasteiger partial charge in [-0.15, -0.1) is 0 Å². The van der Waals surface area contributed by atoms with Crippen LogP contribution in [0.15, 0.2) is 70.5 Å². The molecule has 0 amide bonds. The number of aromatic amines is 2. The van der Waals surface area contributed by atoms with E-state index in [2.05, 4.69) is 9.97 Å². The summed E-state index contributed by atoms with van der Waals surface area (Å²) in [4.78, 5) is 24.6. The molecule has 1 atom stereocenters. The standard InChI is InChI=1S/C25H21N3O4S/c1-31-17-12-20-22(21(13-17)32-2)25(29)28-24(27-20)16-10-15-8-9-26-23(15)19(11-16)14-4-6-18(7-5-14)33(3)30/h4-13,26H,1-3H3,(H,27,28,29). The van der Waals surface area contributed by atoms with Crippen molar-refractivity contribution in [1.29, 1.82) is 0 Å². The highest BCUT2D eigenvalue weighted by Crippen LogP contribution is 2.34. The van der Waals surface area contributed by atoms with Gasteiger partial charge in [-0.05, 0) is 59.2 Å². The number of H-pyrrole nitrogens is 2. The zero-order chi connectivity index (χ0) is 23.1.